The Morgan fingerprint density at radius 2 is 2.06 bits per heavy atom. The van der Waals surface area contributed by atoms with Crippen LogP contribution in [-0.2, 0) is 9.53 Å². The van der Waals surface area contributed by atoms with E-state index in [1.807, 2.05) is 25.6 Å². The summed E-state index contributed by atoms with van der Waals surface area (Å²) in [7, 11) is 0. The van der Waals surface area contributed by atoms with Gasteiger partial charge in [-0.2, -0.15) is 11.8 Å². The van der Waals surface area contributed by atoms with Crippen molar-refractivity contribution in [2.24, 2.45) is 0 Å². The van der Waals surface area contributed by atoms with E-state index >= 15 is 0 Å². The van der Waals surface area contributed by atoms with E-state index in [9.17, 15) is 4.79 Å². The van der Waals surface area contributed by atoms with Gasteiger partial charge in [-0.3, -0.25) is 4.79 Å². The summed E-state index contributed by atoms with van der Waals surface area (Å²) in [5.74, 6) is 1.95. The van der Waals surface area contributed by atoms with Crippen LogP contribution in [0.15, 0.2) is 0 Å². The number of nitrogens with one attached hydrogen (secondary N) is 1. The Balaban J connectivity index is 4.28. The number of hydrogen-bond donors (Lipinski definition) is 1. The van der Waals surface area contributed by atoms with E-state index in [0.29, 0.717) is 6.61 Å². The van der Waals surface area contributed by atoms with Crippen LogP contribution in [0.4, 0.5) is 0 Å². The molecule has 0 saturated carbocycles. The summed E-state index contributed by atoms with van der Waals surface area (Å²) >= 11 is 1.86. The fourth-order valence-electron chi connectivity index (χ4n) is 1.37. The molecule has 0 spiro atoms. The van der Waals surface area contributed by atoms with Gasteiger partial charge in [0.25, 0.3) is 0 Å². The van der Waals surface area contributed by atoms with Crippen LogP contribution in [0.2, 0.25) is 0 Å². The Hall–Kier alpha value is -0.220. The van der Waals surface area contributed by atoms with E-state index in [1.54, 1.807) is 0 Å². The molecule has 0 aliphatic heterocycles. The van der Waals surface area contributed by atoms with Crippen molar-refractivity contribution in [1.29, 1.82) is 0 Å². The molecule has 0 aromatic heterocycles. The second-order valence-corrected chi connectivity index (χ2v) is 5.32. The van der Waals surface area contributed by atoms with E-state index in [4.69, 9.17) is 4.74 Å². The summed E-state index contributed by atoms with van der Waals surface area (Å²) in [6.45, 7) is 9.32. The van der Waals surface area contributed by atoms with Crippen LogP contribution >= 0.6 is 11.8 Å². The smallest absolute Gasteiger partial charge is 0.326 e. The lowest BCUT2D eigenvalue weighted by atomic mass is 9.99. The fraction of sp³-hybridized carbons (Fsp3) is 0.917. The Morgan fingerprint density at radius 3 is 2.56 bits per heavy atom. The van der Waals surface area contributed by atoms with Gasteiger partial charge in [0.2, 0.25) is 0 Å². The van der Waals surface area contributed by atoms with Crippen LogP contribution in [0.5, 0.6) is 0 Å². The molecule has 0 aliphatic rings. The number of thioether (sulfide) groups is 1. The van der Waals surface area contributed by atoms with Crippen molar-refractivity contribution in [2.75, 3.05) is 24.7 Å². The largest absolute Gasteiger partial charge is 0.465 e. The van der Waals surface area contributed by atoms with Crippen molar-refractivity contribution in [3.05, 3.63) is 0 Å². The quantitative estimate of drug-likeness (QED) is 0.502. The first-order valence-electron chi connectivity index (χ1n) is 6.10. The highest BCUT2D eigenvalue weighted by molar-refractivity contribution is 7.99. The fourth-order valence-corrected chi connectivity index (χ4v) is 2.22. The lowest BCUT2D eigenvalue weighted by Gasteiger charge is -2.28. The predicted molar refractivity (Wildman–Crippen MR) is 70.9 cm³/mol. The molecule has 0 aromatic carbocycles. The topological polar surface area (TPSA) is 38.3 Å². The van der Waals surface area contributed by atoms with Crippen LogP contribution in [0, 0.1) is 0 Å². The third kappa shape index (κ3) is 5.75. The zero-order valence-corrected chi connectivity index (χ0v) is 11.8. The molecule has 0 amide bonds. The molecule has 0 aliphatic carbocycles. The Kier molecular flexibility index (Phi) is 8.76. The van der Waals surface area contributed by atoms with Gasteiger partial charge in [-0.05, 0) is 44.7 Å². The van der Waals surface area contributed by atoms with Gasteiger partial charge in [0.15, 0.2) is 0 Å². The van der Waals surface area contributed by atoms with Crippen molar-refractivity contribution in [3.63, 3.8) is 0 Å². The lowest BCUT2D eigenvalue weighted by molar-refractivity contribution is -0.150. The second-order valence-electron chi connectivity index (χ2n) is 3.93. The first-order valence-corrected chi connectivity index (χ1v) is 7.26. The number of hydrogen-bond acceptors (Lipinski definition) is 4. The van der Waals surface area contributed by atoms with E-state index in [0.717, 1.165) is 30.9 Å². The lowest BCUT2D eigenvalue weighted by Crippen LogP contribution is -2.51. The average molecular weight is 247 g/mol. The van der Waals surface area contributed by atoms with E-state index in [-0.39, 0.29) is 5.97 Å². The Labute approximate surface area is 104 Å². The first-order chi connectivity index (χ1) is 7.60. The molecule has 0 bridgehead atoms. The molecule has 0 saturated heterocycles. The standard InChI is InChI=1S/C12H25NO2S/c1-5-9-13-12(4,8-10-16-7-3)11(14)15-6-2/h13H,5-10H2,1-4H3. The number of esters is 1. The Morgan fingerprint density at radius 1 is 1.38 bits per heavy atom. The van der Waals surface area contributed by atoms with Crippen molar-refractivity contribution in [3.8, 4) is 0 Å². The number of rotatable bonds is 9. The zero-order chi connectivity index (χ0) is 12.4. The second kappa shape index (κ2) is 8.88. The van der Waals surface area contributed by atoms with Crippen LogP contribution in [0.1, 0.15) is 40.5 Å². The van der Waals surface area contributed by atoms with Crippen LogP contribution in [0.3, 0.4) is 0 Å². The molecule has 0 radical (unpaired) electrons. The normalized spacial score (nSPS) is 14.5. The van der Waals surface area contributed by atoms with E-state index < -0.39 is 5.54 Å². The number of carbonyl (C=O) groups excluding carboxylic acids is 1. The van der Waals surface area contributed by atoms with E-state index in [1.165, 1.54) is 0 Å². The highest BCUT2D eigenvalue weighted by Gasteiger charge is 2.33. The number of ether oxygens (including phenoxy) is 1. The molecular weight excluding hydrogens is 222 g/mol. The third-order valence-corrected chi connectivity index (χ3v) is 3.34. The average Bonchev–Trinajstić information content (AvgIpc) is 2.27. The molecule has 16 heavy (non-hydrogen) atoms. The van der Waals surface area contributed by atoms with Gasteiger partial charge in [-0.1, -0.05) is 13.8 Å². The third-order valence-electron chi connectivity index (χ3n) is 2.44. The minimum absolute atomic E-state index is 0.125. The zero-order valence-electron chi connectivity index (χ0n) is 11.0. The van der Waals surface area contributed by atoms with Gasteiger partial charge < -0.3 is 10.1 Å². The molecule has 3 nitrogen and oxygen atoms in total. The maximum atomic E-state index is 11.9. The van der Waals surface area contributed by atoms with Gasteiger partial charge in [0.05, 0.1) is 6.61 Å². The summed E-state index contributed by atoms with van der Waals surface area (Å²) in [6.07, 6.45) is 1.85. The summed E-state index contributed by atoms with van der Waals surface area (Å²) < 4.78 is 5.12. The summed E-state index contributed by atoms with van der Waals surface area (Å²) in [5.41, 5.74) is -0.520. The molecule has 1 unspecified atom stereocenters. The minimum atomic E-state index is -0.520. The maximum absolute atomic E-state index is 11.9. The van der Waals surface area contributed by atoms with Gasteiger partial charge in [-0.25, -0.2) is 0 Å². The van der Waals surface area contributed by atoms with Gasteiger partial charge in [0, 0.05) is 0 Å². The van der Waals surface area contributed by atoms with Crippen molar-refractivity contribution < 1.29 is 9.53 Å². The minimum Gasteiger partial charge on any atom is -0.465 e. The molecule has 0 aromatic rings. The SMILES string of the molecule is CCCNC(C)(CCSCC)C(=O)OCC. The molecule has 0 fully saturated rings. The molecule has 96 valence electrons. The van der Waals surface area contributed by atoms with Gasteiger partial charge in [-0.15, -0.1) is 0 Å². The molecule has 0 rings (SSSR count). The Bertz CT molecular complexity index is 199. The highest BCUT2D eigenvalue weighted by Crippen LogP contribution is 2.16. The molecular formula is C12H25NO2S. The molecule has 4 heteroatoms. The highest BCUT2D eigenvalue weighted by atomic mass is 32.2. The van der Waals surface area contributed by atoms with Crippen LogP contribution in [-0.4, -0.2) is 36.2 Å². The van der Waals surface area contributed by atoms with Crippen molar-refractivity contribution in [1.82, 2.24) is 5.32 Å². The monoisotopic (exact) mass is 247 g/mol. The predicted octanol–water partition coefficient (Wildman–Crippen LogP) is 2.45. The molecule has 1 atom stereocenters. The summed E-state index contributed by atoms with van der Waals surface area (Å²) in [5, 5.41) is 3.30. The van der Waals surface area contributed by atoms with E-state index in [2.05, 4.69) is 19.2 Å². The molecule has 0 heterocycles. The van der Waals surface area contributed by atoms with Crippen molar-refractivity contribution >= 4 is 17.7 Å². The maximum Gasteiger partial charge on any atom is 0.326 e. The summed E-state index contributed by atoms with van der Waals surface area (Å²) in [6, 6.07) is 0. The van der Waals surface area contributed by atoms with Crippen LogP contribution < -0.4 is 5.32 Å². The van der Waals surface area contributed by atoms with Crippen LogP contribution in [0.25, 0.3) is 0 Å². The molecule has 1 N–H and O–H groups in total. The summed E-state index contributed by atoms with van der Waals surface area (Å²) in [4.78, 5) is 11.9. The van der Waals surface area contributed by atoms with Gasteiger partial charge in [0.1, 0.15) is 5.54 Å². The van der Waals surface area contributed by atoms with Gasteiger partial charge >= 0.3 is 5.97 Å². The first kappa shape index (κ1) is 15.8. The number of carbonyl (C=O) groups is 1. The van der Waals surface area contributed by atoms with Crippen molar-refractivity contribution in [2.45, 2.75) is 46.1 Å².